The Hall–Kier alpha value is -1.31. The molecule has 1 aromatic carbocycles. The van der Waals surface area contributed by atoms with E-state index in [0.717, 1.165) is 11.9 Å². The first-order valence-corrected chi connectivity index (χ1v) is 4.31. The van der Waals surface area contributed by atoms with Crippen LogP contribution in [0.4, 0.5) is 0 Å². The Labute approximate surface area is 70.6 Å². The molecule has 0 aliphatic heterocycles. The second-order valence-electron chi connectivity index (χ2n) is 3.29. The van der Waals surface area contributed by atoms with Gasteiger partial charge in [0.25, 0.3) is 0 Å². The van der Waals surface area contributed by atoms with Crippen molar-refractivity contribution in [2.45, 2.75) is 19.3 Å². The largest absolute Gasteiger partial charge is 0.278 e. The number of nitrogens with one attached hydrogen (secondary N) is 1. The van der Waals surface area contributed by atoms with E-state index in [0.29, 0.717) is 0 Å². The summed E-state index contributed by atoms with van der Waals surface area (Å²) in [6.45, 7) is 0. The summed E-state index contributed by atoms with van der Waals surface area (Å²) in [6, 6.07) is 7.19. The first-order valence-electron chi connectivity index (χ1n) is 4.31. The van der Waals surface area contributed by atoms with E-state index in [4.69, 9.17) is 0 Å². The van der Waals surface area contributed by atoms with Crippen LogP contribution in [0, 0.1) is 6.07 Å². The molecule has 1 aliphatic rings. The Kier molecular flexibility index (Phi) is 1.09. The standard InChI is InChI=1S/C10H9N2/c1-3-7-4-2-6-9-10(7)8(5-1)11-12-9/h4,6H,1,3,5H2,(H,11,12). The number of hydrogen-bond donors (Lipinski definition) is 1. The molecule has 0 bridgehead atoms. The average Bonchev–Trinajstić information content (AvgIpc) is 2.52. The summed E-state index contributed by atoms with van der Waals surface area (Å²) in [5.74, 6) is 0. The highest BCUT2D eigenvalue weighted by Crippen LogP contribution is 2.26. The molecule has 1 heterocycles. The van der Waals surface area contributed by atoms with Crippen LogP contribution < -0.4 is 0 Å². The summed E-state index contributed by atoms with van der Waals surface area (Å²) in [5.41, 5.74) is 3.78. The van der Waals surface area contributed by atoms with Crippen LogP contribution in [0.2, 0.25) is 0 Å². The van der Waals surface area contributed by atoms with Gasteiger partial charge in [-0.1, -0.05) is 6.07 Å². The predicted octanol–water partition coefficient (Wildman–Crippen LogP) is 1.85. The van der Waals surface area contributed by atoms with Crippen molar-refractivity contribution >= 4 is 10.9 Å². The first kappa shape index (κ1) is 6.23. The number of aryl methyl sites for hydroxylation is 2. The number of aromatic nitrogens is 2. The minimum Gasteiger partial charge on any atom is -0.278 e. The summed E-state index contributed by atoms with van der Waals surface area (Å²) in [4.78, 5) is 0. The normalized spacial score (nSPS) is 15.3. The lowest BCUT2D eigenvalue weighted by Gasteiger charge is -2.09. The third kappa shape index (κ3) is 0.670. The van der Waals surface area contributed by atoms with Crippen LogP contribution in [0.5, 0.6) is 0 Å². The van der Waals surface area contributed by atoms with E-state index in [-0.39, 0.29) is 0 Å². The molecular weight excluding hydrogens is 148 g/mol. The van der Waals surface area contributed by atoms with Gasteiger partial charge >= 0.3 is 0 Å². The van der Waals surface area contributed by atoms with E-state index in [9.17, 15) is 0 Å². The lowest BCUT2D eigenvalue weighted by atomic mass is 9.95. The number of hydrogen-bond acceptors (Lipinski definition) is 1. The Morgan fingerprint density at radius 1 is 1.33 bits per heavy atom. The number of rotatable bonds is 0. The molecule has 1 aliphatic carbocycles. The van der Waals surface area contributed by atoms with Crippen LogP contribution in [-0.2, 0) is 12.8 Å². The van der Waals surface area contributed by atoms with Crippen LogP contribution >= 0.6 is 0 Å². The molecule has 0 atom stereocenters. The van der Waals surface area contributed by atoms with Gasteiger partial charge in [-0.3, -0.25) is 5.10 Å². The van der Waals surface area contributed by atoms with Crippen molar-refractivity contribution < 1.29 is 0 Å². The molecule has 2 heteroatoms. The van der Waals surface area contributed by atoms with Crippen molar-refractivity contribution in [2.75, 3.05) is 0 Å². The average molecular weight is 157 g/mol. The maximum absolute atomic E-state index is 4.28. The predicted molar refractivity (Wildman–Crippen MR) is 47.0 cm³/mol. The van der Waals surface area contributed by atoms with E-state index >= 15 is 0 Å². The molecule has 0 amide bonds. The third-order valence-corrected chi connectivity index (χ3v) is 2.54. The molecule has 0 fully saturated rings. The quantitative estimate of drug-likeness (QED) is 0.621. The van der Waals surface area contributed by atoms with E-state index in [1.54, 1.807) is 0 Å². The van der Waals surface area contributed by atoms with Crippen LogP contribution in [0.15, 0.2) is 12.1 Å². The van der Waals surface area contributed by atoms with E-state index in [1.807, 2.05) is 6.07 Å². The fourth-order valence-electron chi connectivity index (χ4n) is 1.98. The van der Waals surface area contributed by atoms with E-state index < -0.39 is 0 Å². The highest BCUT2D eigenvalue weighted by molar-refractivity contribution is 5.85. The maximum atomic E-state index is 4.28. The monoisotopic (exact) mass is 157 g/mol. The first-order chi connectivity index (χ1) is 5.95. The molecule has 0 spiro atoms. The second-order valence-corrected chi connectivity index (χ2v) is 3.29. The summed E-state index contributed by atoms with van der Waals surface area (Å²) in [7, 11) is 0. The fourth-order valence-corrected chi connectivity index (χ4v) is 1.98. The molecular formula is C10H9N2. The van der Waals surface area contributed by atoms with E-state index in [2.05, 4.69) is 22.3 Å². The molecule has 1 N–H and O–H groups in total. The zero-order valence-electron chi connectivity index (χ0n) is 6.72. The van der Waals surface area contributed by atoms with Gasteiger partial charge in [0.2, 0.25) is 0 Å². The van der Waals surface area contributed by atoms with Crippen LogP contribution in [-0.4, -0.2) is 10.2 Å². The molecule has 59 valence electrons. The van der Waals surface area contributed by atoms with Crippen LogP contribution in [0.1, 0.15) is 17.7 Å². The van der Waals surface area contributed by atoms with Gasteiger partial charge in [0.1, 0.15) is 0 Å². The van der Waals surface area contributed by atoms with Gasteiger partial charge in [-0.2, -0.15) is 5.10 Å². The lowest BCUT2D eigenvalue weighted by molar-refractivity contribution is 0.782. The van der Waals surface area contributed by atoms with Gasteiger partial charge in [0, 0.05) is 5.39 Å². The van der Waals surface area contributed by atoms with Crippen molar-refractivity contribution in [2.24, 2.45) is 0 Å². The van der Waals surface area contributed by atoms with Crippen LogP contribution in [0.3, 0.4) is 0 Å². The van der Waals surface area contributed by atoms with Gasteiger partial charge < -0.3 is 0 Å². The zero-order valence-corrected chi connectivity index (χ0v) is 6.72. The Morgan fingerprint density at radius 3 is 3.33 bits per heavy atom. The lowest BCUT2D eigenvalue weighted by Crippen LogP contribution is -1.98. The maximum Gasteiger partial charge on any atom is 0.0703 e. The summed E-state index contributed by atoms with van der Waals surface area (Å²) in [6.07, 6.45) is 3.53. The van der Waals surface area contributed by atoms with Gasteiger partial charge in [0.15, 0.2) is 0 Å². The number of aromatic amines is 1. The van der Waals surface area contributed by atoms with E-state index in [1.165, 1.54) is 29.5 Å². The van der Waals surface area contributed by atoms with Gasteiger partial charge in [0.05, 0.1) is 11.2 Å². The summed E-state index contributed by atoms with van der Waals surface area (Å²) >= 11 is 0. The molecule has 1 radical (unpaired) electrons. The molecule has 1 aromatic heterocycles. The Morgan fingerprint density at radius 2 is 2.33 bits per heavy atom. The topological polar surface area (TPSA) is 28.7 Å². The molecule has 0 unspecified atom stereocenters. The molecule has 2 aromatic rings. The smallest absolute Gasteiger partial charge is 0.0703 e. The van der Waals surface area contributed by atoms with Crippen LogP contribution in [0.25, 0.3) is 10.9 Å². The molecule has 3 rings (SSSR count). The number of benzene rings is 1. The number of nitrogens with zero attached hydrogens (tertiary/aromatic N) is 1. The van der Waals surface area contributed by atoms with Crippen molar-refractivity contribution in [1.29, 1.82) is 0 Å². The highest BCUT2D eigenvalue weighted by Gasteiger charge is 2.13. The van der Waals surface area contributed by atoms with Crippen molar-refractivity contribution in [3.63, 3.8) is 0 Å². The highest BCUT2D eigenvalue weighted by atomic mass is 15.1. The zero-order chi connectivity index (χ0) is 7.97. The Bertz CT molecular complexity index is 428. The number of H-pyrrole nitrogens is 1. The SMILES string of the molecule is [c]1cc2c3c(n[nH]c3c1)CCC2. The van der Waals surface area contributed by atoms with Gasteiger partial charge in [-0.25, -0.2) is 0 Å². The van der Waals surface area contributed by atoms with Gasteiger partial charge in [-0.05, 0) is 37.0 Å². The van der Waals surface area contributed by atoms with Crippen molar-refractivity contribution in [3.8, 4) is 0 Å². The minimum atomic E-state index is 1.12. The molecule has 12 heavy (non-hydrogen) atoms. The fraction of sp³-hybridized carbons (Fsp3) is 0.300. The molecule has 0 saturated heterocycles. The summed E-state index contributed by atoms with van der Waals surface area (Å²) < 4.78 is 0. The third-order valence-electron chi connectivity index (χ3n) is 2.54. The Balaban J connectivity index is 2.50. The summed E-state index contributed by atoms with van der Waals surface area (Å²) in [5, 5.41) is 8.67. The van der Waals surface area contributed by atoms with Crippen molar-refractivity contribution in [1.82, 2.24) is 10.2 Å². The molecule has 0 saturated carbocycles. The van der Waals surface area contributed by atoms with Gasteiger partial charge in [-0.15, -0.1) is 0 Å². The molecule has 2 nitrogen and oxygen atoms in total. The second kappa shape index (κ2) is 2.09. The van der Waals surface area contributed by atoms with Crippen molar-refractivity contribution in [3.05, 3.63) is 29.5 Å². The minimum absolute atomic E-state index is 1.12.